The van der Waals surface area contributed by atoms with Crippen LogP contribution in [0.4, 0.5) is 5.13 Å². The number of nitrogens with zero attached hydrogens (tertiary/aromatic N) is 4. The van der Waals surface area contributed by atoms with Gasteiger partial charge in [0.15, 0.2) is 4.34 Å². The number of benzene rings is 1. The van der Waals surface area contributed by atoms with E-state index in [9.17, 15) is 10.4 Å². The number of aromatic nitrogens is 3. The first kappa shape index (κ1) is 21.6. The van der Waals surface area contributed by atoms with Gasteiger partial charge in [-0.15, -0.1) is 21.5 Å². The van der Waals surface area contributed by atoms with E-state index in [-0.39, 0.29) is 17.1 Å². The molecule has 0 amide bonds. The lowest BCUT2D eigenvalue weighted by Gasteiger charge is -2.07. The quantitative estimate of drug-likeness (QED) is 0.172. The van der Waals surface area contributed by atoms with Crippen LogP contribution >= 0.6 is 34.4 Å². The minimum atomic E-state index is 0.00909. The summed E-state index contributed by atoms with van der Waals surface area (Å²) in [4.78, 5) is 4.46. The first-order chi connectivity index (χ1) is 14.1. The van der Waals surface area contributed by atoms with Gasteiger partial charge >= 0.3 is 0 Å². The standard InChI is InChI=1S/C20H23N5OS3/c1-3-13(2)7-6-10-22-19-24-25-20(29-19)27-12-16(26)14(11-21)18-23-15-8-4-5-9-17(15)28-18/h4-5,8-9,13,26H,3,6-7,10,12H2,1-2H3,(H,22,24)/t13-/m1/s1. The van der Waals surface area contributed by atoms with Gasteiger partial charge in [-0.2, -0.15) is 5.26 Å². The van der Waals surface area contributed by atoms with Gasteiger partial charge in [-0.3, -0.25) is 0 Å². The molecule has 0 spiro atoms. The van der Waals surface area contributed by atoms with Gasteiger partial charge in [0.25, 0.3) is 0 Å². The van der Waals surface area contributed by atoms with E-state index in [0.717, 1.165) is 38.6 Å². The molecular weight excluding hydrogens is 422 g/mol. The predicted molar refractivity (Wildman–Crippen MR) is 123 cm³/mol. The van der Waals surface area contributed by atoms with Gasteiger partial charge in [0, 0.05) is 6.54 Å². The molecule has 3 aromatic rings. The second-order valence-corrected chi connectivity index (χ2v) is 9.90. The third-order valence-electron chi connectivity index (χ3n) is 4.49. The van der Waals surface area contributed by atoms with Gasteiger partial charge in [-0.25, -0.2) is 4.98 Å². The smallest absolute Gasteiger partial charge is 0.206 e. The van der Waals surface area contributed by atoms with E-state index in [1.54, 1.807) is 0 Å². The zero-order valence-electron chi connectivity index (χ0n) is 16.4. The number of anilines is 1. The Morgan fingerprint density at radius 2 is 2.14 bits per heavy atom. The van der Waals surface area contributed by atoms with Crippen LogP contribution < -0.4 is 5.32 Å². The molecule has 152 valence electrons. The molecule has 0 bridgehead atoms. The highest BCUT2D eigenvalue weighted by Crippen LogP contribution is 2.31. The molecule has 0 aliphatic carbocycles. The zero-order valence-corrected chi connectivity index (χ0v) is 18.8. The Balaban J connectivity index is 1.57. The largest absolute Gasteiger partial charge is 0.510 e. The van der Waals surface area contributed by atoms with E-state index in [1.807, 2.05) is 24.3 Å². The minimum Gasteiger partial charge on any atom is -0.510 e. The number of fused-ring (bicyclic) bond motifs is 1. The molecule has 1 atom stereocenters. The van der Waals surface area contributed by atoms with Crippen LogP contribution in [-0.2, 0) is 0 Å². The van der Waals surface area contributed by atoms with E-state index < -0.39 is 0 Å². The molecular formula is C20H23N5OS3. The number of nitrogens with one attached hydrogen (secondary N) is 1. The third kappa shape index (κ3) is 5.92. The summed E-state index contributed by atoms with van der Waals surface area (Å²) in [6.07, 6.45) is 3.51. The van der Waals surface area contributed by atoms with E-state index in [2.05, 4.69) is 40.4 Å². The molecule has 0 saturated carbocycles. The average molecular weight is 446 g/mol. The van der Waals surface area contributed by atoms with Crippen LogP contribution in [0.25, 0.3) is 15.8 Å². The molecule has 29 heavy (non-hydrogen) atoms. The summed E-state index contributed by atoms with van der Waals surface area (Å²) in [5, 5.41) is 32.9. The maximum Gasteiger partial charge on any atom is 0.206 e. The molecule has 1 aromatic carbocycles. The topological polar surface area (TPSA) is 94.7 Å². The van der Waals surface area contributed by atoms with Crippen LogP contribution in [0.3, 0.4) is 0 Å². The van der Waals surface area contributed by atoms with E-state index >= 15 is 0 Å². The number of hydrogen-bond acceptors (Lipinski definition) is 9. The lowest BCUT2D eigenvalue weighted by Crippen LogP contribution is -2.03. The molecule has 9 heteroatoms. The SMILES string of the molecule is CC[C@@H](C)CCCNc1nnc(SCC(O)=C(C#N)c2nc3ccccc3s2)s1. The van der Waals surface area contributed by atoms with Crippen LogP contribution in [0.15, 0.2) is 34.4 Å². The first-order valence-corrected chi connectivity index (χ1v) is 12.1. The number of aliphatic hydroxyl groups is 1. The number of thioether (sulfide) groups is 1. The summed E-state index contributed by atoms with van der Waals surface area (Å²) < 4.78 is 1.74. The zero-order chi connectivity index (χ0) is 20.6. The minimum absolute atomic E-state index is 0.00909. The summed E-state index contributed by atoms with van der Waals surface area (Å²) in [5.74, 6) is 1.01. The van der Waals surface area contributed by atoms with Crippen LogP contribution in [-0.4, -0.2) is 32.6 Å². The molecule has 0 radical (unpaired) electrons. The second kappa shape index (κ2) is 10.6. The highest BCUT2D eigenvalue weighted by molar-refractivity contribution is 8.01. The van der Waals surface area contributed by atoms with Crippen LogP contribution in [0.1, 0.15) is 38.1 Å². The molecule has 0 aliphatic rings. The number of aliphatic hydroxyl groups excluding tert-OH is 1. The van der Waals surface area contributed by atoms with Gasteiger partial charge < -0.3 is 10.4 Å². The van der Waals surface area contributed by atoms with E-state index in [0.29, 0.717) is 5.01 Å². The van der Waals surface area contributed by atoms with Crippen molar-refractivity contribution in [2.24, 2.45) is 5.92 Å². The molecule has 0 fully saturated rings. The summed E-state index contributed by atoms with van der Waals surface area (Å²) in [5.41, 5.74) is 1.04. The van der Waals surface area contributed by atoms with Gasteiger partial charge in [-0.1, -0.05) is 55.5 Å². The molecule has 0 saturated heterocycles. The Labute approximate surface area is 182 Å². The first-order valence-electron chi connectivity index (χ1n) is 9.49. The van der Waals surface area contributed by atoms with Crippen molar-refractivity contribution in [3.8, 4) is 6.07 Å². The van der Waals surface area contributed by atoms with Crippen molar-refractivity contribution in [2.75, 3.05) is 17.6 Å². The maximum absolute atomic E-state index is 10.4. The fraction of sp³-hybridized carbons (Fsp3) is 0.400. The van der Waals surface area contributed by atoms with Gasteiger partial charge in [0.1, 0.15) is 22.4 Å². The molecule has 2 aromatic heterocycles. The van der Waals surface area contributed by atoms with Crippen molar-refractivity contribution < 1.29 is 5.11 Å². The molecule has 2 N–H and O–H groups in total. The summed E-state index contributed by atoms with van der Waals surface area (Å²) in [7, 11) is 0. The highest BCUT2D eigenvalue weighted by atomic mass is 32.2. The molecule has 0 unspecified atom stereocenters. The van der Waals surface area contributed by atoms with Crippen molar-refractivity contribution in [1.82, 2.24) is 15.2 Å². The number of rotatable bonds is 10. The number of allylic oxidation sites excluding steroid dienone is 1. The Hall–Kier alpha value is -2.15. The van der Waals surface area contributed by atoms with Crippen molar-refractivity contribution in [1.29, 1.82) is 5.26 Å². The van der Waals surface area contributed by atoms with E-state index in [1.165, 1.54) is 47.3 Å². The monoisotopic (exact) mass is 445 g/mol. The van der Waals surface area contributed by atoms with Crippen LogP contribution in [0.2, 0.25) is 0 Å². The second-order valence-electron chi connectivity index (χ2n) is 6.66. The van der Waals surface area contributed by atoms with Crippen molar-refractivity contribution in [3.05, 3.63) is 35.0 Å². The Bertz CT molecular complexity index is 987. The number of hydrogen-bond donors (Lipinski definition) is 2. The molecule has 3 rings (SSSR count). The summed E-state index contributed by atoms with van der Waals surface area (Å²) in [6.45, 7) is 5.36. The molecule has 6 nitrogen and oxygen atoms in total. The molecule has 2 heterocycles. The van der Waals surface area contributed by atoms with E-state index in [4.69, 9.17) is 0 Å². The molecule has 0 aliphatic heterocycles. The highest BCUT2D eigenvalue weighted by Gasteiger charge is 2.15. The Morgan fingerprint density at radius 1 is 1.31 bits per heavy atom. The number of para-hydroxylation sites is 1. The Morgan fingerprint density at radius 3 is 2.90 bits per heavy atom. The van der Waals surface area contributed by atoms with Crippen LogP contribution in [0.5, 0.6) is 0 Å². The Kier molecular flexibility index (Phi) is 7.86. The lowest BCUT2D eigenvalue weighted by molar-refractivity contribution is 0.421. The van der Waals surface area contributed by atoms with Crippen molar-refractivity contribution >= 4 is 55.4 Å². The summed E-state index contributed by atoms with van der Waals surface area (Å²) in [6, 6.07) is 9.78. The van der Waals surface area contributed by atoms with Crippen LogP contribution in [0, 0.1) is 17.2 Å². The van der Waals surface area contributed by atoms with Gasteiger partial charge in [0.05, 0.1) is 16.0 Å². The normalized spacial score (nSPS) is 13.1. The third-order valence-corrected chi connectivity index (χ3v) is 7.57. The fourth-order valence-corrected chi connectivity index (χ4v) is 5.24. The predicted octanol–water partition coefficient (Wildman–Crippen LogP) is 5.97. The fourth-order valence-electron chi connectivity index (χ4n) is 2.61. The van der Waals surface area contributed by atoms with Crippen molar-refractivity contribution in [2.45, 2.75) is 37.4 Å². The summed E-state index contributed by atoms with van der Waals surface area (Å²) >= 11 is 4.23. The van der Waals surface area contributed by atoms with Gasteiger partial charge in [-0.05, 0) is 30.9 Å². The number of thiazole rings is 1. The number of nitriles is 1. The lowest BCUT2D eigenvalue weighted by atomic mass is 10.0. The van der Waals surface area contributed by atoms with Gasteiger partial charge in [0.2, 0.25) is 5.13 Å². The maximum atomic E-state index is 10.4. The van der Waals surface area contributed by atoms with Crippen molar-refractivity contribution in [3.63, 3.8) is 0 Å². The average Bonchev–Trinajstić information content (AvgIpc) is 3.36.